The number of methoxy groups -OCH3 is 1. The molecule has 1 aliphatic carbocycles. The Morgan fingerprint density at radius 1 is 1.43 bits per heavy atom. The minimum absolute atomic E-state index is 0.122. The van der Waals surface area contributed by atoms with Gasteiger partial charge in [0.2, 0.25) is 0 Å². The quantitative estimate of drug-likeness (QED) is 0.789. The number of aliphatic hydroxyl groups excluding tert-OH is 1. The Kier molecular flexibility index (Phi) is 2.57. The highest BCUT2D eigenvalue weighted by Crippen LogP contribution is 2.48. The monoisotopic (exact) mass is 192 g/mol. The molecule has 0 atom stereocenters. The number of benzene rings is 1. The summed E-state index contributed by atoms with van der Waals surface area (Å²) in [5.41, 5.74) is 2.55. The smallest absolute Gasteiger partial charge is 0.0681 e. The van der Waals surface area contributed by atoms with Crippen LogP contribution < -0.4 is 0 Å². The summed E-state index contributed by atoms with van der Waals surface area (Å²) in [5.74, 6) is 0. The Morgan fingerprint density at radius 2 is 2.21 bits per heavy atom. The summed E-state index contributed by atoms with van der Waals surface area (Å²) in [4.78, 5) is 0. The highest BCUT2D eigenvalue weighted by Gasteiger charge is 2.44. The molecule has 14 heavy (non-hydrogen) atoms. The fraction of sp³-hybridized carbons (Fsp3) is 0.500. The van der Waals surface area contributed by atoms with Crippen molar-refractivity contribution in [2.45, 2.75) is 24.9 Å². The number of aliphatic hydroxyl groups is 1. The van der Waals surface area contributed by atoms with E-state index in [-0.39, 0.29) is 12.0 Å². The van der Waals surface area contributed by atoms with E-state index in [9.17, 15) is 0 Å². The average Bonchev–Trinajstić information content (AvgIpc) is 3.00. The van der Waals surface area contributed by atoms with Crippen LogP contribution in [0.3, 0.4) is 0 Å². The van der Waals surface area contributed by atoms with Crippen LogP contribution >= 0.6 is 0 Å². The molecule has 76 valence electrons. The van der Waals surface area contributed by atoms with Gasteiger partial charge >= 0.3 is 0 Å². The first-order valence-corrected chi connectivity index (χ1v) is 5.00. The maximum atomic E-state index is 9.05. The van der Waals surface area contributed by atoms with Gasteiger partial charge in [-0.15, -0.1) is 0 Å². The predicted molar refractivity (Wildman–Crippen MR) is 55.2 cm³/mol. The minimum Gasteiger partial charge on any atom is -0.392 e. The fourth-order valence-electron chi connectivity index (χ4n) is 1.94. The molecule has 1 N–H and O–H groups in total. The Morgan fingerprint density at radius 3 is 2.79 bits per heavy atom. The SMILES string of the molecule is COCC1(c2cccc(CO)c2)CC1. The maximum absolute atomic E-state index is 9.05. The molecule has 0 heterocycles. The van der Waals surface area contributed by atoms with E-state index in [1.54, 1.807) is 7.11 Å². The molecular weight excluding hydrogens is 176 g/mol. The van der Waals surface area contributed by atoms with Gasteiger partial charge in [0.25, 0.3) is 0 Å². The molecule has 1 aromatic carbocycles. The standard InChI is InChI=1S/C12H16O2/c1-14-9-12(5-6-12)11-4-2-3-10(7-11)8-13/h2-4,7,13H,5-6,8-9H2,1H3. The molecule has 1 fully saturated rings. The van der Waals surface area contributed by atoms with Crippen LogP contribution in [-0.4, -0.2) is 18.8 Å². The van der Waals surface area contributed by atoms with Gasteiger partial charge in [0.05, 0.1) is 13.2 Å². The molecule has 0 amide bonds. The summed E-state index contributed by atoms with van der Waals surface area (Å²) < 4.78 is 5.23. The van der Waals surface area contributed by atoms with E-state index in [0.29, 0.717) is 0 Å². The lowest BCUT2D eigenvalue weighted by Gasteiger charge is -2.15. The van der Waals surface area contributed by atoms with E-state index >= 15 is 0 Å². The van der Waals surface area contributed by atoms with Crippen LogP contribution in [0.1, 0.15) is 24.0 Å². The summed E-state index contributed by atoms with van der Waals surface area (Å²) in [6.45, 7) is 0.915. The third-order valence-electron chi connectivity index (χ3n) is 3.00. The Labute approximate surface area is 84.5 Å². The van der Waals surface area contributed by atoms with Crippen LogP contribution in [0.5, 0.6) is 0 Å². The molecule has 0 spiro atoms. The van der Waals surface area contributed by atoms with Crippen molar-refractivity contribution < 1.29 is 9.84 Å². The van der Waals surface area contributed by atoms with Gasteiger partial charge < -0.3 is 9.84 Å². The summed E-state index contributed by atoms with van der Waals surface area (Å²) >= 11 is 0. The van der Waals surface area contributed by atoms with E-state index in [1.807, 2.05) is 12.1 Å². The highest BCUT2D eigenvalue weighted by molar-refractivity contribution is 5.34. The lowest BCUT2D eigenvalue weighted by atomic mass is 9.95. The predicted octanol–water partition coefficient (Wildman–Crippen LogP) is 1.86. The van der Waals surface area contributed by atoms with Crippen LogP contribution in [0.15, 0.2) is 24.3 Å². The molecule has 0 bridgehead atoms. The second kappa shape index (κ2) is 3.71. The molecule has 1 saturated carbocycles. The van der Waals surface area contributed by atoms with Crippen molar-refractivity contribution in [2.75, 3.05) is 13.7 Å². The molecule has 0 aliphatic heterocycles. The molecule has 0 aromatic heterocycles. The fourth-order valence-corrected chi connectivity index (χ4v) is 1.94. The molecule has 2 nitrogen and oxygen atoms in total. The van der Waals surface area contributed by atoms with Crippen LogP contribution in [0.25, 0.3) is 0 Å². The first-order valence-electron chi connectivity index (χ1n) is 5.00. The van der Waals surface area contributed by atoms with Crippen molar-refractivity contribution in [1.82, 2.24) is 0 Å². The average molecular weight is 192 g/mol. The number of rotatable bonds is 4. The van der Waals surface area contributed by atoms with Crippen LogP contribution in [0.4, 0.5) is 0 Å². The van der Waals surface area contributed by atoms with E-state index < -0.39 is 0 Å². The Balaban J connectivity index is 2.23. The van der Waals surface area contributed by atoms with Crippen molar-refractivity contribution >= 4 is 0 Å². The van der Waals surface area contributed by atoms with Crippen molar-refractivity contribution in [1.29, 1.82) is 0 Å². The van der Waals surface area contributed by atoms with Crippen molar-refractivity contribution in [3.8, 4) is 0 Å². The van der Waals surface area contributed by atoms with Gasteiger partial charge in [-0.3, -0.25) is 0 Å². The third-order valence-corrected chi connectivity index (χ3v) is 3.00. The molecule has 2 heteroatoms. The topological polar surface area (TPSA) is 29.5 Å². The minimum atomic E-state index is 0.122. The first-order chi connectivity index (χ1) is 6.80. The van der Waals surface area contributed by atoms with Gasteiger partial charge in [-0.2, -0.15) is 0 Å². The van der Waals surface area contributed by atoms with Gasteiger partial charge in [-0.1, -0.05) is 24.3 Å². The highest BCUT2D eigenvalue weighted by atomic mass is 16.5. The third kappa shape index (κ3) is 1.68. The number of hydrogen-bond acceptors (Lipinski definition) is 2. The second-order valence-corrected chi connectivity index (χ2v) is 4.07. The van der Waals surface area contributed by atoms with Gasteiger partial charge in [0.1, 0.15) is 0 Å². The normalized spacial score (nSPS) is 18.1. The van der Waals surface area contributed by atoms with Crippen molar-refractivity contribution in [3.05, 3.63) is 35.4 Å². The zero-order chi connectivity index (χ0) is 10.0. The maximum Gasteiger partial charge on any atom is 0.0681 e. The molecule has 2 rings (SSSR count). The van der Waals surface area contributed by atoms with E-state index in [4.69, 9.17) is 9.84 Å². The largest absolute Gasteiger partial charge is 0.392 e. The van der Waals surface area contributed by atoms with E-state index in [1.165, 1.54) is 18.4 Å². The van der Waals surface area contributed by atoms with Crippen LogP contribution in [0.2, 0.25) is 0 Å². The zero-order valence-electron chi connectivity index (χ0n) is 8.49. The van der Waals surface area contributed by atoms with E-state index in [0.717, 1.165) is 12.2 Å². The van der Waals surface area contributed by atoms with Gasteiger partial charge in [-0.05, 0) is 24.0 Å². The lowest BCUT2D eigenvalue weighted by Crippen LogP contribution is -2.14. The van der Waals surface area contributed by atoms with Crippen molar-refractivity contribution in [2.24, 2.45) is 0 Å². The van der Waals surface area contributed by atoms with E-state index in [2.05, 4.69) is 12.1 Å². The molecule has 0 saturated heterocycles. The molecule has 0 radical (unpaired) electrons. The Hall–Kier alpha value is -0.860. The van der Waals surface area contributed by atoms with Crippen LogP contribution in [-0.2, 0) is 16.8 Å². The van der Waals surface area contributed by atoms with Gasteiger partial charge in [-0.25, -0.2) is 0 Å². The Bertz CT molecular complexity index is 316. The van der Waals surface area contributed by atoms with Gasteiger partial charge in [0, 0.05) is 12.5 Å². The first kappa shape index (κ1) is 9.69. The molecule has 1 aromatic rings. The summed E-state index contributed by atoms with van der Waals surface area (Å²) in [5, 5.41) is 9.05. The molecule has 0 unspecified atom stereocenters. The number of hydrogen-bond donors (Lipinski definition) is 1. The summed E-state index contributed by atoms with van der Waals surface area (Å²) in [6.07, 6.45) is 2.41. The lowest BCUT2D eigenvalue weighted by molar-refractivity contribution is 0.171. The van der Waals surface area contributed by atoms with Gasteiger partial charge in [0.15, 0.2) is 0 Å². The second-order valence-electron chi connectivity index (χ2n) is 4.07. The molecule has 1 aliphatic rings. The zero-order valence-corrected chi connectivity index (χ0v) is 8.49. The summed E-state index contributed by atoms with van der Waals surface area (Å²) in [7, 11) is 1.75. The molecular formula is C12H16O2. The summed E-state index contributed by atoms with van der Waals surface area (Å²) in [6, 6.07) is 8.18. The van der Waals surface area contributed by atoms with Crippen molar-refractivity contribution in [3.63, 3.8) is 0 Å². The van der Waals surface area contributed by atoms with Crippen LogP contribution in [0, 0.1) is 0 Å². The number of ether oxygens (including phenoxy) is 1.